The molecule has 0 bridgehead atoms. The number of rotatable bonds is 6. The van der Waals surface area contributed by atoms with E-state index in [1.54, 1.807) is 12.1 Å². The van der Waals surface area contributed by atoms with Crippen LogP contribution in [-0.2, 0) is 6.18 Å². The van der Waals surface area contributed by atoms with Gasteiger partial charge in [-0.1, -0.05) is 18.2 Å². The molecule has 0 saturated heterocycles. The minimum Gasteiger partial charge on any atom is -0.338 e. The fourth-order valence-corrected chi connectivity index (χ4v) is 3.27. The first-order chi connectivity index (χ1) is 17.6. The topological polar surface area (TPSA) is 109 Å². The van der Waals surface area contributed by atoms with Gasteiger partial charge in [-0.25, -0.2) is 9.37 Å². The number of carbonyl (C=O) groups excluding carboxylic acids is 2. The Morgan fingerprint density at radius 1 is 0.838 bits per heavy atom. The number of amides is 2. The summed E-state index contributed by atoms with van der Waals surface area (Å²) in [5.41, 5.74) is -0.0411. The molecule has 12 heteroatoms. The van der Waals surface area contributed by atoms with Crippen molar-refractivity contribution in [1.82, 2.24) is 15.2 Å². The van der Waals surface area contributed by atoms with Gasteiger partial charge in [0.25, 0.3) is 11.8 Å². The molecule has 2 aromatic heterocycles. The number of alkyl halides is 3. The van der Waals surface area contributed by atoms with Crippen LogP contribution in [0.4, 0.5) is 40.4 Å². The summed E-state index contributed by atoms with van der Waals surface area (Å²) < 4.78 is 53.3. The highest BCUT2D eigenvalue weighted by molar-refractivity contribution is 6.08. The lowest BCUT2D eigenvalue weighted by Crippen LogP contribution is -2.18. The molecule has 0 fully saturated rings. The van der Waals surface area contributed by atoms with Gasteiger partial charge in [-0.3, -0.25) is 9.59 Å². The molecule has 0 spiro atoms. The molecule has 188 valence electrons. The first-order valence-corrected chi connectivity index (χ1v) is 10.7. The quantitative estimate of drug-likeness (QED) is 0.292. The SMILES string of the molecule is Cc1ccccc1Nc1ncc(C(=O)Nc2ccnnc2)cc1NC(=O)c1cc(F)cc(C(F)(F)F)c1. The minimum atomic E-state index is -4.85. The van der Waals surface area contributed by atoms with Gasteiger partial charge in [0, 0.05) is 17.4 Å². The maximum Gasteiger partial charge on any atom is 0.416 e. The van der Waals surface area contributed by atoms with E-state index in [1.807, 2.05) is 19.1 Å². The number of benzene rings is 2. The number of halogens is 4. The van der Waals surface area contributed by atoms with E-state index in [-0.39, 0.29) is 17.1 Å². The van der Waals surface area contributed by atoms with Crippen molar-refractivity contribution >= 4 is 34.7 Å². The lowest BCUT2D eigenvalue weighted by Gasteiger charge is -2.16. The molecule has 0 saturated carbocycles. The van der Waals surface area contributed by atoms with E-state index < -0.39 is 34.9 Å². The Balaban J connectivity index is 1.69. The molecule has 0 aliphatic heterocycles. The van der Waals surface area contributed by atoms with Gasteiger partial charge in [-0.15, -0.1) is 0 Å². The van der Waals surface area contributed by atoms with Crippen LogP contribution < -0.4 is 16.0 Å². The zero-order valence-electron chi connectivity index (χ0n) is 19.1. The summed E-state index contributed by atoms with van der Waals surface area (Å²) in [6.07, 6.45) is -0.895. The van der Waals surface area contributed by atoms with Crippen LogP contribution in [0.25, 0.3) is 0 Å². The monoisotopic (exact) mass is 510 g/mol. The molecule has 0 aliphatic rings. The molecule has 0 atom stereocenters. The summed E-state index contributed by atoms with van der Waals surface area (Å²) in [6.45, 7) is 1.83. The average Bonchev–Trinajstić information content (AvgIpc) is 2.86. The zero-order chi connectivity index (χ0) is 26.6. The van der Waals surface area contributed by atoms with Crippen molar-refractivity contribution in [2.75, 3.05) is 16.0 Å². The predicted molar refractivity (Wildman–Crippen MR) is 128 cm³/mol. The highest BCUT2D eigenvalue weighted by atomic mass is 19.4. The van der Waals surface area contributed by atoms with Gasteiger partial charge in [0.05, 0.1) is 34.9 Å². The fraction of sp³-hybridized carbons (Fsp3) is 0.0800. The number of aryl methyl sites for hydroxylation is 1. The van der Waals surface area contributed by atoms with Crippen LogP contribution in [-0.4, -0.2) is 27.0 Å². The summed E-state index contributed by atoms with van der Waals surface area (Å²) in [6, 6.07) is 11.5. The van der Waals surface area contributed by atoms with Crippen LogP contribution in [0.15, 0.2) is 73.2 Å². The van der Waals surface area contributed by atoms with E-state index in [9.17, 15) is 27.2 Å². The van der Waals surface area contributed by atoms with E-state index in [0.29, 0.717) is 29.6 Å². The summed E-state index contributed by atoms with van der Waals surface area (Å²) in [4.78, 5) is 29.8. The Morgan fingerprint density at radius 3 is 2.30 bits per heavy atom. The number of nitrogens with one attached hydrogen (secondary N) is 3. The number of para-hydroxylation sites is 1. The highest BCUT2D eigenvalue weighted by Crippen LogP contribution is 2.31. The van der Waals surface area contributed by atoms with Gasteiger partial charge >= 0.3 is 6.18 Å². The van der Waals surface area contributed by atoms with Gasteiger partial charge in [-0.05, 0) is 48.9 Å². The fourth-order valence-electron chi connectivity index (χ4n) is 3.27. The van der Waals surface area contributed by atoms with Gasteiger partial charge in [-0.2, -0.15) is 23.4 Å². The Kier molecular flexibility index (Phi) is 7.09. The molecule has 2 aromatic carbocycles. The Morgan fingerprint density at radius 2 is 1.59 bits per heavy atom. The standard InChI is InChI=1S/C25H18F4N6O2/c1-14-4-2-3-5-20(14)34-22-21(10-16(12-30-22)24(37)33-19-6-7-31-32-13-19)35-23(36)15-8-17(25(27,28)29)11-18(26)9-15/h2-13H,1H3,(H,30,34)(H,35,36)(H,31,33,37). The van der Waals surface area contributed by atoms with Crippen molar-refractivity contribution in [3.63, 3.8) is 0 Å². The maximum absolute atomic E-state index is 13.9. The summed E-state index contributed by atoms with van der Waals surface area (Å²) in [7, 11) is 0. The molecule has 4 aromatic rings. The second-order valence-electron chi connectivity index (χ2n) is 7.83. The van der Waals surface area contributed by atoms with Crippen molar-refractivity contribution in [3.05, 3.63) is 101 Å². The van der Waals surface area contributed by atoms with Gasteiger partial charge in [0.1, 0.15) is 5.82 Å². The number of anilines is 4. The number of pyridine rings is 1. The molecule has 4 rings (SSSR count). The highest BCUT2D eigenvalue weighted by Gasteiger charge is 2.32. The zero-order valence-corrected chi connectivity index (χ0v) is 19.1. The predicted octanol–water partition coefficient (Wildman–Crippen LogP) is 5.59. The molecule has 0 unspecified atom stereocenters. The van der Waals surface area contributed by atoms with E-state index in [0.717, 1.165) is 5.56 Å². The third kappa shape index (κ3) is 6.23. The molecule has 2 amide bonds. The molecule has 3 N–H and O–H groups in total. The van der Waals surface area contributed by atoms with Crippen molar-refractivity contribution in [3.8, 4) is 0 Å². The van der Waals surface area contributed by atoms with Crippen molar-refractivity contribution < 1.29 is 27.2 Å². The maximum atomic E-state index is 13.9. The molecule has 0 aliphatic carbocycles. The van der Waals surface area contributed by atoms with Crippen LogP contribution in [0.1, 0.15) is 31.8 Å². The molecule has 2 heterocycles. The number of hydrogen-bond donors (Lipinski definition) is 3. The molecule has 37 heavy (non-hydrogen) atoms. The lowest BCUT2D eigenvalue weighted by molar-refractivity contribution is -0.137. The third-order valence-electron chi connectivity index (χ3n) is 5.13. The lowest BCUT2D eigenvalue weighted by atomic mass is 10.1. The second-order valence-corrected chi connectivity index (χ2v) is 7.83. The number of carbonyl (C=O) groups is 2. The number of aromatic nitrogens is 3. The third-order valence-corrected chi connectivity index (χ3v) is 5.13. The smallest absolute Gasteiger partial charge is 0.338 e. The number of hydrogen-bond acceptors (Lipinski definition) is 6. The van der Waals surface area contributed by atoms with Crippen LogP contribution in [0.3, 0.4) is 0 Å². The second kappa shape index (κ2) is 10.4. The Labute approximate surface area is 207 Å². The van der Waals surface area contributed by atoms with Crippen LogP contribution >= 0.6 is 0 Å². The normalized spacial score (nSPS) is 11.1. The van der Waals surface area contributed by atoms with E-state index in [1.165, 1.54) is 30.7 Å². The molecule has 8 nitrogen and oxygen atoms in total. The molecular formula is C25H18F4N6O2. The molecule has 0 radical (unpaired) electrons. The minimum absolute atomic E-state index is 0.0217. The summed E-state index contributed by atoms with van der Waals surface area (Å²) in [5, 5.41) is 15.3. The number of nitrogens with zero attached hydrogens (tertiary/aromatic N) is 3. The Bertz CT molecular complexity index is 1460. The van der Waals surface area contributed by atoms with E-state index in [4.69, 9.17) is 0 Å². The van der Waals surface area contributed by atoms with Crippen molar-refractivity contribution in [1.29, 1.82) is 0 Å². The largest absolute Gasteiger partial charge is 0.416 e. The van der Waals surface area contributed by atoms with Gasteiger partial charge < -0.3 is 16.0 Å². The molecular weight excluding hydrogens is 492 g/mol. The van der Waals surface area contributed by atoms with Crippen molar-refractivity contribution in [2.45, 2.75) is 13.1 Å². The summed E-state index contributed by atoms with van der Waals surface area (Å²) in [5.74, 6) is -2.74. The van der Waals surface area contributed by atoms with Crippen molar-refractivity contribution in [2.24, 2.45) is 0 Å². The Hall–Kier alpha value is -4.87. The van der Waals surface area contributed by atoms with Gasteiger partial charge in [0.2, 0.25) is 0 Å². The van der Waals surface area contributed by atoms with Gasteiger partial charge in [0.15, 0.2) is 5.82 Å². The van der Waals surface area contributed by atoms with E-state index >= 15 is 0 Å². The van der Waals surface area contributed by atoms with Crippen LogP contribution in [0.2, 0.25) is 0 Å². The van der Waals surface area contributed by atoms with E-state index in [2.05, 4.69) is 31.1 Å². The average molecular weight is 510 g/mol. The first-order valence-electron chi connectivity index (χ1n) is 10.7. The van der Waals surface area contributed by atoms with Crippen LogP contribution in [0, 0.1) is 12.7 Å². The van der Waals surface area contributed by atoms with Crippen LogP contribution in [0.5, 0.6) is 0 Å². The first kappa shape index (κ1) is 25.2. The summed E-state index contributed by atoms with van der Waals surface area (Å²) >= 11 is 0.